The molecular weight excluding hydrogens is 786 g/mol. The van der Waals surface area contributed by atoms with Crippen molar-refractivity contribution in [3.63, 3.8) is 0 Å². The summed E-state index contributed by atoms with van der Waals surface area (Å²) in [4.78, 5) is 58.9. The van der Waals surface area contributed by atoms with Crippen LogP contribution in [0.3, 0.4) is 0 Å². The molecule has 14 nitrogen and oxygen atoms in total. The van der Waals surface area contributed by atoms with Crippen LogP contribution in [0.4, 0.5) is 31.4 Å². The lowest BCUT2D eigenvalue weighted by Gasteiger charge is -2.35. The van der Waals surface area contributed by atoms with Crippen LogP contribution in [0, 0.1) is 5.82 Å². The highest BCUT2D eigenvalue weighted by molar-refractivity contribution is 5.94. The van der Waals surface area contributed by atoms with Crippen LogP contribution in [0.1, 0.15) is 62.5 Å². The fraction of sp³-hybridized carbons (Fsp3) is 0.277. The van der Waals surface area contributed by atoms with Crippen LogP contribution in [-0.4, -0.2) is 83.3 Å². The summed E-state index contributed by atoms with van der Waals surface area (Å²) in [6, 6.07) is 29.9. The summed E-state index contributed by atoms with van der Waals surface area (Å²) in [6.45, 7) is 4.41. The Kier molecular flexibility index (Phi) is 13.0. The number of hydrazine groups is 1. The molecule has 0 aliphatic carbocycles. The number of phenols is 1. The number of anilines is 3. The topological polar surface area (TPSA) is 165 Å². The highest BCUT2D eigenvalue weighted by Gasteiger charge is 2.28. The van der Waals surface area contributed by atoms with Crippen molar-refractivity contribution in [3.8, 4) is 17.0 Å². The maximum Gasteiger partial charge on any atom is 0.341 e. The first kappa shape index (κ1) is 41.4. The predicted octanol–water partition coefficient (Wildman–Crippen LogP) is 9.36. The number of unbranched alkanes of at least 4 members (excludes halogenated alkanes) is 1. The van der Waals surface area contributed by atoms with E-state index in [9.17, 15) is 19.1 Å². The number of carbonyl (C=O) groups is 2. The minimum absolute atomic E-state index is 0.182. The van der Waals surface area contributed by atoms with E-state index < -0.39 is 23.6 Å². The van der Waals surface area contributed by atoms with E-state index in [-0.39, 0.29) is 36.3 Å². The molecule has 4 amide bonds. The van der Waals surface area contributed by atoms with E-state index in [0.717, 1.165) is 51.0 Å². The standard InChI is InChI=1S/C47H48FN11O3/c1-32(34-17-6-3-7-18-34)13-12-28-59(47(62)55-42-24-21-38-45(53-42)56-43(31-50-38)57-25-10-11-26-57)58(27-9-8-16-33-14-4-2-5-15-33)46(61)54-41-23-20-37-44(52-41)51-39(30-49-37)35-19-22-40(60)36(48)29-35/h2-7,14-15,17-24,29-32,60H,8-13,16,25-28H2,1H3,(H,51,52,54,61)(H,53,55,56,62)/t32-/m1/s1. The van der Waals surface area contributed by atoms with Gasteiger partial charge in [0.2, 0.25) is 0 Å². The van der Waals surface area contributed by atoms with Gasteiger partial charge in [0, 0.05) is 31.7 Å². The van der Waals surface area contributed by atoms with Gasteiger partial charge in [-0.05, 0) is 104 Å². The fourth-order valence-electron chi connectivity index (χ4n) is 7.57. The van der Waals surface area contributed by atoms with Crippen molar-refractivity contribution >= 4 is 51.8 Å². The van der Waals surface area contributed by atoms with Crippen molar-refractivity contribution in [2.24, 2.45) is 0 Å². The summed E-state index contributed by atoms with van der Waals surface area (Å²) in [5.74, 6) is 0.159. The molecule has 1 fully saturated rings. The Hall–Kier alpha value is -7.29. The van der Waals surface area contributed by atoms with E-state index in [1.807, 2.05) is 36.4 Å². The maximum absolute atomic E-state index is 14.5. The number of urea groups is 2. The molecule has 5 heterocycles. The highest BCUT2D eigenvalue weighted by Crippen LogP contribution is 2.26. The van der Waals surface area contributed by atoms with Gasteiger partial charge in [0.15, 0.2) is 22.9 Å². The third-order valence-corrected chi connectivity index (χ3v) is 11.0. The van der Waals surface area contributed by atoms with Gasteiger partial charge in [0.1, 0.15) is 28.5 Å². The van der Waals surface area contributed by atoms with Gasteiger partial charge < -0.3 is 10.0 Å². The minimum Gasteiger partial charge on any atom is -0.505 e. The largest absolute Gasteiger partial charge is 0.505 e. The maximum atomic E-state index is 14.5. The molecule has 0 radical (unpaired) electrons. The first-order valence-electron chi connectivity index (χ1n) is 21.0. The monoisotopic (exact) mass is 833 g/mol. The Morgan fingerprint density at radius 2 is 1.34 bits per heavy atom. The fourth-order valence-corrected chi connectivity index (χ4v) is 7.57. The van der Waals surface area contributed by atoms with Crippen LogP contribution in [-0.2, 0) is 6.42 Å². The molecule has 7 aromatic rings. The van der Waals surface area contributed by atoms with Crippen molar-refractivity contribution in [2.45, 2.75) is 57.8 Å². The Bertz CT molecular complexity index is 2650. The van der Waals surface area contributed by atoms with E-state index in [1.165, 1.54) is 45.5 Å². The summed E-state index contributed by atoms with van der Waals surface area (Å²) >= 11 is 0. The summed E-state index contributed by atoms with van der Waals surface area (Å²) in [6.07, 6.45) is 8.95. The summed E-state index contributed by atoms with van der Waals surface area (Å²) in [7, 11) is 0. The Balaban J connectivity index is 1.07. The number of nitrogens with zero attached hydrogens (tertiary/aromatic N) is 9. The van der Waals surface area contributed by atoms with Crippen molar-refractivity contribution in [1.82, 2.24) is 39.9 Å². The molecular formula is C47H48FN11O3. The van der Waals surface area contributed by atoms with E-state index in [1.54, 1.807) is 30.5 Å². The van der Waals surface area contributed by atoms with Crippen LogP contribution in [0.2, 0.25) is 0 Å². The summed E-state index contributed by atoms with van der Waals surface area (Å²) in [5.41, 5.74) is 4.79. The second-order valence-corrected chi connectivity index (χ2v) is 15.4. The van der Waals surface area contributed by atoms with Crippen molar-refractivity contribution < 1.29 is 19.1 Å². The van der Waals surface area contributed by atoms with Crippen LogP contribution in [0.5, 0.6) is 5.75 Å². The molecule has 15 heteroatoms. The zero-order chi connectivity index (χ0) is 42.8. The number of aryl methyl sites for hydroxylation is 1. The van der Waals surface area contributed by atoms with Gasteiger partial charge in [-0.15, -0.1) is 0 Å². The van der Waals surface area contributed by atoms with E-state index in [2.05, 4.69) is 66.7 Å². The number of carbonyl (C=O) groups excluding carboxylic acids is 2. The normalized spacial score (nSPS) is 13.0. The number of amides is 4. The van der Waals surface area contributed by atoms with Gasteiger partial charge in [0.25, 0.3) is 0 Å². The highest BCUT2D eigenvalue weighted by atomic mass is 19.1. The van der Waals surface area contributed by atoms with Crippen LogP contribution >= 0.6 is 0 Å². The van der Waals surface area contributed by atoms with Gasteiger partial charge >= 0.3 is 12.1 Å². The number of halogens is 1. The van der Waals surface area contributed by atoms with Gasteiger partial charge in [-0.25, -0.2) is 48.9 Å². The molecule has 0 spiro atoms. The summed E-state index contributed by atoms with van der Waals surface area (Å²) in [5, 5.41) is 18.4. The third-order valence-electron chi connectivity index (χ3n) is 11.0. The molecule has 0 saturated carbocycles. The van der Waals surface area contributed by atoms with Crippen LogP contribution in [0.15, 0.2) is 116 Å². The van der Waals surface area contributed by atoms with E-state index >= 15 is 0 Å². The molecule has 3 aromatic carbocycles. The molecule has 1 atom stereocenters. The first-order chi connectivity index (χ1) is 30.3. The average molecular weight is 834 g/mol. The van der Waals surface area contributed by atoms with Gasteiger partial charge in [0.05, 0.1) is 18.1 Å². The van der Waals surface area contributed by atoms with E-state index in [0.29, 0.717) is 40.8 Å². The van der Waals surface area contributed by atoms with E-state index in [4.69, 9.17) is 9.97 Å². The number of hydrogen-bond donors (Lipinski definition) is 3. The summed E-state index contributed by atoms with van der Waals surface area (Å²) < 4.78 is 14.2. The Morgan fingerprint density at radius 3 is 2.00 bits per heavy atom. The molecule has 8 rings (SSSR count). The van der Waals surface area contributed by atoms with Gasteiger partial charge in [-0.3, -0.25) is 15.6 Å². The molecule has 0 unspecified atom stereocenters. The molecule has 3 N–H and O–H groups in total. The van der Waals surface area contributed by atoms with Gasteiger partial charge in [-0.2, -0.15) is 0 Å². The zero-order valence-corrected chi connectivity index (χ0v) is 34.5. The zero-order valence-electron chi connectivity index (χ0n) is 34.5. The Morgan fingerprint density at radius 1 is 0.726 bits per heavy atom. The van der Waals surface area contributed by atoms with Crippen LogP contribution < -0.4 is 15.5 Å². The minimum atomic E-state index is -0.790. The molecule has 62 heavy (non-hydrogen) atoms. The first-order valence-corrected chi connectivity index (χ1v) is 21.0. The average Bonchev–Trinajstić information content (AvgIpc) is 3.85. The number of rotatable bonds is 14. The number of phenolic OH excluding ortho intramolecular Hbond substituents is 1. The predicted molar refractivity (Wildman–Crippen MR) is 238 cm³/mol. The number of hydrogen-bond acceptors (Lipinski definition) is 10. The third kappa shape index (κ3) is 10.2. The second kappa shape index (κ2) is 19.4. The lowest BCUT2D eigenvalue weighted by molar-refractivity contribution is 0.0560. The molecule has 0 bridgehead atoms. The molecule has 1 aliphatic heterocycles. The van der Waals surface area contributed by atoms with Crippen molar-refractivity contribution in [2.75, 3.05) is 41.7 Å². The quantitative estimate of drug-likeness (QED) is 0.0710. The Labute approximate surface area is 358 Å². The molecule has 1 saturated heterocycles. The smallest absolute Gasteiger partial charge is 0.341 e. The number of benzene rings is 3. The molecule has 4 aromatic heterocycles. The number of pyridine rings is 2. The van der Waals surface area contributed by atoms with Crippen LogP contribution in [0.25, 0.3) is 33.6 Å². The SMILES string of the molecule is C[C@H](CCCN(C(=O)Nc1ccc2ncc(N3CCCC3)nc2n1)N(CCCCc1ccccc1)C(=O)Nc1ccc2ncc(-c3ccc(O)c(F)c3)nc2n1)c1ccccc1. The van der Waals surface area contributed by atoms with Crippen molar-refractivity contribution in [1.29, 1.82) is 0 Å². The lowest BCUT2D eigenvalue weighted by atomic mass is 9.96. The number of nitrogens with one attached hydrogen (secondary N) is 2. The van der Waals surface area contributed by atoms with Gasteiger partial charge in [-0.1, -0.05) is 67.6 Å². The van der Waals surface area contributed by atoms with Crippen molar-refractivity contribution in [3.05, 3.63) is 132 Å². The second-order valence-electron chi connectivity index (χ2n) is 15.4. The number of aromatic nitrogens is 6. The molecule has 316 valence electrons. The number of fused-ring (bicyclic) bond motifs is 2. The lowest BCUT2D eigenvalue weighted by Crippen LogP contribution is -2.53. The molecule has 1 aliphatic rings. The number of aromatic hydroxyl groups is 1.